The summed E-state index contributed by atoms with van der Waals surface area (Å²) < 4.78 is 1.71. The smallest absolute Gasteiger partial charge is 0.254 e. The molecule has 0 saturated carbocycles. The Hall–Kier alpha value is -0.840. The third-order valence-corrected chi connectivity index (χ3v) is 5.13. The fraction of sp³-hybridized carbons (Fsp3) is 0.267. The average molecular weight is 373 g/mol. The van der Waals surface area contributed by atoms with Crippen LogP contribution in [0.5, 0.6) is 0 Å². The topological polar surface area (TPSA) is 20.3 Å². The van der Waals surface area contributed by atoms with Gasteiger partial charge in [0.2, 0.25) is 0 Å². The molecule has 0 aliphatic heterocycles. The maximum absolute atomic E-state index is 12.5. The molecule has 20 heavy (non-hydrogen) atoms. The van der Waals surface area contributed by atoms with Crippen molar-refractivity contribution in [2.24, 2.45) is 0 Å². The average Bonchev–Trinajstić information content (AvgIpc) is 2.84. The molecule has 0 radical (unpaired) electrons. The van der Waals surface area contributed by atoms with Crippen LogP contribution in [0.2, 0.25) is 4.34 Å². The molecular formula is C15H15BrClNOS. The Kier molecular flexibility index (Phi) is 5.24. The number of aryl methyl sites for hydroxylation is 1. The number of carbonyl (C=O) groups excluding carboxylic acids is 1. The Labute approximate surface area is 136 Å². The maximum atomic E-state index is 12.5. The summed E-state index contributed by atoms with van der Waals surface area (Å²) in [6, 6.07) is 9.53. The summed E-state index contributed by atoms with van der Waals surface area (Å²) in [6.07, 6.45) is 0. The Morgan fingerprint density at radius 1 is 1.35 bits per heavy atom. The molecule has 1 heterocycles. The molecule has 0 aliphatic rings. The molecule has 1 aromatic heterocycles. The number of halogens is 2. The van der Waals surface area contributed by atoms with E-state index in [0.717, 1.165) is 19.2 Å². The number of hydrogen-bond acceptors (Lipinski definition) is 2. The predicted molar refractivity (Wildman–Crippen MR) is 88.6 cm³/mol. The first-order valence-corrected chi connectivity index (χ1v) is 8.29. The van der Waals surface area contributed by atoms with Gasteiger partial charge in [-0.3, -0.25) is 4.79 Å². The van der Waals surface area contributed by atoms with Crippen molar-refractivity contribution in [2.45, 2.75) is 20.4 Å². The van der Waals surface area contributed by atoms with Crippen LogP contribution in [-0.4, -0.2) is 17.4 Å². The van der Waals surface area contributed by atoms with Gasteiger partial charge in [-0.25, -0.2) is 0 Å². The zero-order valence-electron chi connectivity index (χ0n) is 11.3. The molecule has 1 aromatic carbocycles. The fourth-order valence-electron chi connectivity index (χ4n) is 1.86. The van der Waals surface area contributed by atoms with Crippen molar-refractivity contribution in [1.29, 1.82) is 0 Å². The maximum Gasteiger partial charge on any atom is 0.254 e. The number of thiophene rings is 1. The van der Waals surface area contributed by atoms with Gasteiger partial charge in [0.05, 0.1) is 10.9 Å². The molecule has 1 amide bonds. The molecule has 0 spiro atoms. The Morgan fingerprint density at radius 3 is 2.65 bits per heavy atom. The predicted octanol–water partition coefficient (Wildman–Crippen LogP) is 5.13. The number of hydrogen-bond donors (Lipinski definition) is 0. The van der Waals surface area contributed by atoms with Crippen molar-refractivity contribution >= 4 is 44.8 Å². The van der Waals surface area contributed by atoms with Crippen LogP contribution in [0.15, 0.2) is 34.8 Å². The van der Waals surface area contributed by atoms with Crippen LogP contribution in [0.4, 0.5) is 0 Å². The normalized spacial score (nSPS) is 10.6. The van der Waals surface area contributed by atoms with E-state index in [1.165, 1.54) is 11.3 Å². The summed E-state index contributed by atoms with van der Waals surface area (Å²) in [6.45, 7) is 5.25. The lowest BCUT2D eigenvalue weighted by Gasteiger charge is -2.20. The van der Waals surface area contributed by atoms with Crippen LogP contribution in [0.25, 0.3) is 0 Å². The highest BCUT2D eigenvalue weighted by Crippen LogP contribution is 2.24. The first-order chi connectivity index (χ1) is 9.51. The number of nitrogens with zero attached hydrogens (tertiary/aromatic N) is 1. The summed E-state index contributed by atoms with van der Waals surface area (Å²) in [5, 5.41) is 0. The van der Waals surface area contributed by atoms with Crippen LogP contribution in [-0.2, 0) is 6.54 Å². The first kappa shape index (κ1) is 15.5. The molecule has 0 aliphatic carbocycles. The minimum atomic E-state index is 0.0396. The summed E-state index contributed by atoms with van der Waals surface area (Å²) in [5.74, 6) is 0.0396. The summed E-state index contributed by atoms with van der Waals surface area (Å²) in [4.78, 5) is 15.4. The van der Waals surface area contributed by atoms with Gasteiger partial charge in [0.25, 0.3) is 5.91 Å². The largest absolute Gasteiger partial charge is 0.334 e. The van der Waals surface area contributed by atoms with Gasteiger partial charge in [-0.05, 0) is 43.7 Å². The number of benzene rings is 1. The molecule has 5 heteroatoms. The Balaban J connectivity index is 2.18. The van der Waals surface area contributed by atoms with E-state index in [9.17, 15) is 4.79 Å². The molecule has 106 valence electrons. The monoisotopic (exact) mass is 371 g/mol. The standard InChI is InChI=1S/C15H15BrClNOS/c1-3-18(9-12-6-7-14(17)20-12)15(19)11-5-4-10(2)13(16)8-11/h4-8H,3,9H2,1-2H3. The SMILES string of the molecule is CCN(Cc1ccc(Cl)s1)C(=O)c1ccc(C)c(Br)c1. The van der Waals surface area contributed by atoms with Gasteiger partial charge < -0.3 is 4.90 Å². The number of rotatable bonds is 4. The van der Waals surface area contributed by atoms with Gasteiger partial charge in [0.1, 0.15) is 0 Å². The van der Waals surface area contributed by atoms with Crippen molar-refractivity contribution in [3.8, 4) is 0 Å². The first-order valence-electron chi connectivity index (χ1n) is 6.31. The molecule has 2 nitrogen and oxygen atoms in total. The van der Waals surface area contributed by atoms with Crippen molar-refractivity contribution < 1.29 is 4.79 Å². The Morgan fingerprint density at radius 2 is 2.10 bits per heavy atom. The summed E-state index contributed by atoms with van der Waals surface area (Å²) >= 11 is 10.9. The van der Waals surface area contributed by atoms with Crippen molar-refractivity contribution in [1.82, 2.24) is 4.90 Å². The molecule has 0 bridgehead atoms. The lowest BCUT2D eigenvalue weighted by Crippen LogP contribution is -2.30. The molecule has 0 fully saturated rings. The van der Waals surface area contributed by atoms with Gasteiger partial charge in [0, 0.05) is 21.5 Å². The molecular weight excluding hydrogens is 358 g/mol. The minimum absolute atomic E-state index is 0.0396. The van der Waals surface area contributed by atoms with E-state index in [2.05, 4.69) is 15.9 Å². The highest BCUT2D eigenvalue weighted by molar-refractivity contribution is 9.10. The second-order valence-electron chi connectivity index (χ2n) is 4.49. The third kappa shape index (κ3) is 3.62. The van der Waals surface area contributed by atoms with E-state index in [1.54, 1.807) is 0 Å². The second-order valence-corrected chi connectivity index (χ2v) is 7.14. The highest BCUT2D eigenvalue weighted by atomic mass is 79.9. The van der Waals surface area contributed by atoms with E-state index < -0.39 is 0 Å². The van der Waals surface area contributed by atoms with Crippen molar-refractivity contribution in [2.75, 3.05) is 6.54 Å². The van der Waals surface area contributed by atoms with E-state index in [0.29, 0.717) is 18.7 Å². The highest BCUT2D eigenvalue weighted by Gasteiger charge is 2.16. The second kappa shape index (κ2) is 6.74. The zero-order chi connectivity index (χ0) is 14.7. The lowest BCUT2D eigenvalue weighted by molar-refractivity contribution is 0.0754. The van der Waals surface area contributed by atoms with E-state index in [4.69, 9.17) is 11.6 Å². The fourth-order valence-corrected chi connectivity index (χ4v) is 3.34. The summed E-state index contributed by atoms with van der Waals surface area (Å²) in [7, 11) is 0. The lowest BCUT2D eigenvalue weighted by atomic mass is 10.1. The van der Waals surface area contributed by atoms with Crippen LogP contribution in [0.3, 0.4) is 0 Å². The van der Waals surface area contributed by atoms with Crippen molar-refractivity contribution in [3.05, 3.63) is 55.1 Å². The molecule has 2 aromatic rings. The molecule has 0 saturated heterocycles. The third-order valence-electron chi connectivity index (χ3n) is 3.06. The Bertz CT molecular complexity index is 626. The van der Waals surface area contributed by atoms with Crippen LogP contribution < -0.4 is 0 Å². The van der Waals surface area contributed by atoms with Crippen LogP contribution in [0, 0.1) is 6.92 Å². The van der Waals surface area contributed by atoms with Gasteiger partial charge >= 0.3 is 0 Å². The van der Waals surface area contributed by atoms with Crippen LogP contribution in [0.1, 0.15) is 27.7 Å². The van der Waals surface area contributed by atoms with E-state index in [1.807, 2.05) is 49.1 Å². The number of amides is 1. The van der Waals surface area contributed by atoms with Crippen LogP contribution >= 0.6 is 38.9 Å². The van der Waals surface area contributed by atoms with Crippen molar-refractivity contribution in [3.63, 3.8) is 0 Å². The molecule has 0 atom stereocenters. The van der Waals surface area contributed by atoms with Gasteiger partial charge in [-0.1, -0.05) is 33.6 Å². The van der Waals surface area contributed by atoms with E-state index in [-0.39, 0.29) is 5.91 Å². The van der Waals surface area contributed by atoms with E-state index >= 15 is 0 Å². The minimum Gasteiger partial charge on any atom is -0.334 e. The van der Waals surface area contributed by atoms with Gasteiger partial charge in [0.15, 0.2) is 0 Å². The molecule has 2 rings (SSSR count). The van der Waals surface area contributed by atoms with Gasteiger partial charge in [-0.15, -0.1) is 11.3 Å². The zero-order valence-corrected chi connectivity index (χ0v) is 14.5. The molecule has 0 unspecified atom stereocenters. The number of carbonyl (C=O) groups is 1. The quantitative estimate of drug-likeness (QED) is 0.728. The molecule has 0 N–H and O–H groups in total. The van der Waals surface area contributed by atoms with Gasteiger partial charge in [-0.2, -0.15) is 0 Å². The summed E-state index contributed by atoms with van der Waals surface area (Å²) in [5.41, 5.74) is 1.82.